The molecule has 0 aliphatic carbocycles. The molecule has 0 saturated carbocycles. The standard InChI is InChI=1S/C50H82N2O40/c53-7-14-38-25(67)32(74)46(81-14)89-40-16(9-55)83-48(34(76)27(40)69)91-42-18(11-57)85-50(36(78)29(42)71)92-43-19(12-58)84-49(35(77)28(43)70)90-41-17(10-56)82-47(33(75)26(41)68)88-39-15(8-54)80-45(31(73)24(39)66)86-37-13(79-44(87-38)30(72)23(37)65)3-51(4-20(59)60)1-2-52(5-21(61)62)6-22(63)64/h13-19,23-50,53-58,65-78H,1-12H2,(H,59,60)(H,61,62)(H,63,64)/t13-,14-,15-,16-,17-,18-,19-,23-,24-,25-,26-,27-,28-,29-,30-,31-,32-,33-,34-,35-,36-,37-,38-,39-,40-,41-,42-,43-,44-,45-,46-,47-,48-,49-,50-/m1/s1. The second-order valence-electron chi connectivity index (χ2n) is 23.1. The molecule has 21 saturated heterocycles. The highest BCUT2D eigenvalue weighted by Crippen LogP contribution is 2.39. The van der Waals surface area contributed by atoms with Crippen LogP contribution in [-0.2, 0) is 80.7 Å². The summed E-state index contributed by atoms with van der Waals surface area (Å²) in [5.74, 6) is -4.52. The van der Waals surface area contributed by atoms with Gasteiger partial charge < -0.3 is 184 Å². The number of hydrogen-bond donors (Lipinski definition) is 23. The van der Waals surface area contributed by atoms with Gasteiger partial charge in [0.25, 0.3) is 0 Å². The number of carboxylic acid groups (broad SMARTS) is 3. The number of carboxylic acids is 3. The maximum absolute atomic E-state index is 12.3. The van der Waals surface area contributed by atoms with E-state index in [0.29, 0.717) is 0 Å². The summed E-state index contributed by atoms with van der Waals surface area (Å²) in [6.07, 6.45) is -74.1. The van der Waals surface area contributed by atoms with Crippen molar-refractivity contribution < 1.29 is 198 Å². The Morgan fingerprint density at radius 1 is 0.239 bits per heavy atom. The van der Waals surface area contributed by atoms with Crippen molar-refractivity contribution in [1.82, 2.24) is 9.80 Å². The van der Waals surface area contributed by atoms with Crippen LogP contribution in [0.4, 0.5) is 0 Å². The van der Waals surface area contributed by atoms with Crippen molar-refractivity contribution in [2.24, 2.45) is 0 Å². The highest BCUT2D eigenvalue weighted by Gasteiger charge is 2.60. The number of nitrogens with zero attached hydrogens (tertiary/aromatic N) is 2. The quantitative estimate of drug-likeness (QED) is 0.0643. The molecule has 0 aromatic heterocycles. The summed E-state index contributed by atoms with van der Waals surface area (Å²) in [4.78, 5) is 37.5. The van der Waals surface area contributed by atoms with Crippen molar-refractivity contribution in [2.75, 3.05) is 78.9 Å². The Morgan fingerprint density at radius 2 is 0.402 bits per heavy atom. The van der Waals surface area contributed by atoms with Crippen molar-refractivity contribution in [3.63, 3.8) is 0 Å². The van der Waals surface area contributed by atoms with Crippen LogP contribution in [0, 0.1) is 0 Å². The molecule has 35 atom stereocenters. The fourth-order valence-electron chi connectivity index (χ4n) is 12.0. The summed E-state index contributed by atoms with van der Waals surface area (Å²) in [6.45, 7) is -11.2. The van der Waals surface area contributed by atoms with Gasteiger partial charge in [0, 0.05) is 19.6 Å². The Kier molecular flexibility index (Phi) is 26.5. The number of carbonyl (C=O) groups is 3. The molecule has 42 nitrogen and oxygen atoms in total. The van der Waals surface area contributed by atoms with E-state index in [1.165, 1.54) is 0 Å². The molecule has 0 amide bonds. The van der Waals surface area contributed by atoms with Crippen molar-refractivity contribution in [3.8, 4) is 0 Å². The number of ether oxygens (including phenoxy) is 14. The summed E-state index contributed by atoms with van der Waals surface area (Å²) in [7, 11) is 0. The Labute approximate surface area is 518 Å². The normalized spacial score (nSPS) is 48.3. The maximum atomic E-state index is 12.3. The molecule has 21 aliphatic heterocycles. The lowest BCUT2D eigenvalue weighted by atomic mass is 9.95. The van der Waals surface area contributed by atoms with Crippen LogP contribution in [0.3, 0.4) is 0 Å². The van der Waals surface area contributed by atoms with Crippen LogP contribution in [0.2, 0.25) is 0 Å². The van der Waals surface area contributed by atoms with E-state index in [1.54, 1.807) is 0 Å². The number of aliphatic hydroxyl groups excluding tert-OH is 20. The van der Waals surface area contributed by atoms with Crippen LogP contribution in [0.25, 0.3) is 0 Å². The van der Waals surface area contributed by atoms with Gasteiger partial charge in [0.05, 0.1) is 59.3 Å². The minimum atomic E-state index is -2.40. The van der Waals surface area contributed by atoms with Crippen LogP contribution in [-0.4, -0.2) is 439 Å². The van der Waals surface area contributed by atoms with Gasteiger partial charge in [-0.05, 0) is 0 Å². The summed E-state index contributed by atoms with van der Waals surface area (Å²) in [6, 6.07) is 0. The molecule has 21 heterocycles. The molecule has 21 fully saturated rings. The van der Waals surface area contributed by atoms with Crippen LogP contribution < -0.4 is 0 Å². The number of aliphatic hydroxyl groups is 20. The first-order valence-electron chi connectivity index (χ1n) is 29.0. The first-order chi connectivity index (χ1) is 43.6. The maximum Gasteiger partial charge on any atom is 0.317 e. The van der Waals surface area contributed by atoms with Gasteiger partial charge in [-0.25, -0.2) is 0 Å². The fourth-order valence-corrected chi connectivity index (χ4v) is 12.0. The highest BCUT2D eigenvalue weighted by atomic mass is 16.8. The Balaban J connectivity index is 1.12. The second-order valence-corrected chi connectivity index (χ2v) is 23.1. The molecule has 0 unspecified atom stereocenters. The molecule has 14 bridgehead atoms. The zero-order valence-corrected chi connectivity index (χ0v) is 48.3. The smallest absolute Gasteiger partial charge is 0.317 e. The van der Waals surface area contributed by atoms with E-state index in [1.807, 2.05) is 0 Å². The third-order valence-electron chi connectivity index (χ3n) is 16.9. The van der Waals surface area contributed by atoms with Gasteiger partial charge in [0.15, 0.2) is 44.0 Å². The molecule has 92 heavy (non-hydrogen) atoms. The Morgan fingerprint density at radius 3 is 0.587 bits per heavy atom. The van der Waals surface area contributed by atoms with Gasteiger partial charge in [-0.3, -0.25) is 24.2 Å². The van der Waals surface area contributed by atoms with E-state index in [4.69, 9.17) is 66.3 Å². The minimum absolute atomic E-state index is 0.476. The van der Waals surface area contributed by atoms with E-state index >= 15 is 0 Å². The van der Waals surface area contributed by atoms with Gasteiger partial charge >= 0.3 is 17.9 Å². The van der Waals surface area contributed by atoms with E-state index < -0.39 is 312 Å². The van der Waals surface area contributed by atoms with Crippen LogP contribution in [0.5, 0.6) is 0 Å². The Hall–Kier alpha value is -3.03. The van der Waals surface area contributed by atoms with E-state index in [0.717, 1.165) is 9.80 Å². The monoisotopic (exact) mass is 1350 g/mol. The highest BCUT2D eigenvalue weighted by molar-refractivity contribution is 5.72. The lowest BCUT2D eigenvalue weighted by molar-refractivity contribution is -0.396. The Bertz CT molecular complexity index is 2310. The topological polar surface area (TPSA) is 652 Å². The summed E-state index contributed by atoms with van der Waals surface area (Å²) in [5, 5.41) is 253. The summed E-state index contributed by atoms with van der Waals surface area (Å²) >= 11 is 0. The van der Waals surface area contributed by atoms with Crippen molar-refractivity contribution in [2.45, 2.75) is 215 Å². The third kappa shape index (κ3) is 16.4. The molecule has 0 spiro atoms. The number of aliphatic carboxylic acids is 3. The molecular formula is C50H82N2O40. The van der Waals surface area contributed by atoms with E-state index in [-0.39, 0.29) is 0 Å². The summed E-state index contributed by atoms with van der Waals surface area (Å²) < 4.78 is 80.8. The van der Waals surface area contributed by atoms with E-state index in [2.05, 4.69) is 0 Å². The first kappa shape index (κ1) is 74.8. The zero-order valence-electron chi connectivity index (χ0n) is 48.3. The lowest BCUT2D eigenvalue weighted by Gasteiger charge is -2.50. The van der Waals surface area contributed by atoms with E-state index in [9.17, 15) is 132 Å². The fraction of sp³-hybridized carbons (Fsp3) is 0.940. The van der Waals surface area contributed by atoms with Crippen LogP contribution in [0.15, 0.2) is 0 Å². The van der Waals surface area contributed by atoms with Crippen LogP contribution in [0.1, 0.15) is 0 Å². The molecular weight excluding hydrogens is 1270 g/mol. The lowest BCUT2D eigenvalue weighted by Crippen LogP contribution is -2.68. The molecule has 21 rings (SSSR count). The minimum Gasteiger partial charge on any atom is -0.480 e. The van der Waals surface area contributed by atoms with Gasteiger partial charge in [-0.15, -0.1) is 0 Å². The van der Waals surface area contributed by atoms with Gasteiger partial charge in [-0.1, -0.05) is 0 Å². The third-order valence-corrected chi connectivity index (χ3v) is 16.9. The number of hydrogen-bond acceptors (Lipinski definition) is 39. The van der Waals surface area contributed by atoms with Gasteiger partial charge in [0.2, 0.25) is 0 Å². The predicted molar refractivity (Wildman–Crippen MR) is 277 cm³/mol. The van der Waals surface area contributed by atoms with Gasteiger partial charge in [0.1, 0.15) is 171 Å². The average molecular weight is 1350 g/mol. The summed E-state index contributed by atoms with van der Waals surface area (Å²) in [5.41, 5.74) is 0. The molecule has 532 valence electrons. The molecule has 0 radical (unpaired) electrons. The van der Waals surface area contributed by atoms with Crippen LogP contribution >= 0.6 is 0 Å². The first-order valence-corrected chi connectivity index (χ1v) is 29.0. The molecule has 21 aliphatic rings. The molecule has 0 aromatic rings. The average Bonchev–Trinajstić information content (AvgIpc) is 0.792. The zero-order chi connectivity index (χ0) is 67.5. The molecule has 0 aromatic carbocycles. The van der Waals surface area contributed by atoms with Crippen molar-refractivity contribution in [1.29, 1.82) is 0 Å². The van der Waals surface area contributed by atoms with Crippen molar-refractivity contribution >= 4 is 17.9 Å². The number of rotatable bonds is 17. The molecule has 23 N–H and O–H groups in total. The van der Waals surface area contributed by atoms with Crippen molar-refractivity contribution in [3.05, 3.63) is 0 Å². The second kappa shape index (κ2) is 32.6. The van der Waals surface area contributed by atoms with Gasteiger partial charge in [-0.2, -0.15) is 0 Å². The predicted octanol–water partition coefficient (Wildman–Crippen LogP) is -16.4. The molecule has 42 heteroatoms. The SMILES string of the molecule is O=C(O)CN(CCN(CC(=O)O)C[C@H]1O[C@@H]2O[C@H]3[C@H](O)[C@@H](O)[C@@H](O[C@H]4[C@H](O)[C@@H](O)[C@@H](O[C@H]5[C@H](O)[C@@H](O)[C@@H](O[C@H]6[C@H](O)[C@@H](O)[C@@H](O[C@H]7[C@H](O)[C@@H](O)[C@@H](O[C@H]8[C@H](O)[C@@H](O)[C@@H](O[C@H]1[C@H](O)[C@H]2O)O[C@@H]8CO)O[C@@H]7CO)O[C@@H]6CO)O[C@@H]5CO)O[C@@H]4CO)O[C@@H]3CO)CC(=O)O. The largest absolute Gasteiger partial charge is 0.480 e.